The van der Waals surface area contributed by atoms with Gasteiger partial charge in [-0.25, -0.2) is 4.98 Å². The third-order valence-corrected chi connectivity index (χ3v) is 3.92. The van der Waals surface area contributed by atoms with Gasteiger partial charge in [0.25, 0.3) is 0 Å². The molecule has 2 aromatic rings. The van der Waals surface area contributed by atoms with Crippen LogP contribution in [0, 0.1) is 11.8 Å². The van der Waals surface area contributed by atoms with Crippen LogP contribution < -0.4 is 11.1 Å². The zero-order valence-corrected chi connectivity index (χ0v) is 16.5. The molecule has 0 aliphatic rings. The first-order valence-electron chi connectivity index (χ1n) is 8.07. The third-order valence-electron chi connectivity index (χ3n) is 3.92. The molecule has 1 heterocycles. The van der Waals surface area contributed by atoms with Crippen LogP contribution in [0.2, 0.25) is 0 Å². The number of nitrogens with one attached hydrogen (secondary N) is 1. The zero-order chi connectivity index (χ0) is 16.8. The second kappa shape index (κ2) is 11.1. The fourth-order valence-electron chi connectivity index (χ4n) is 2.52. The van der Waals surface area contributed by atoms with E-state index in [0.717, 1.165) is 17.9 Å². The summed E-state index contributed by atoms with van der Waals surface area (Å²) in [7, 11) is 0. The highest BCUT2D eigenvalue weighted by atomic mass is 35.5. The number of imidazole rings is 1. The van der Waals surface area contributed by atoms with Gasteiger partial charge in [-0.3, -0.25) is 4.79 Å². The lowest BCUT2D eigenvalue weighted by atomic mass is 9.95. The minimum Gasteiger partial charge on any atom is -0.349 e. The monoisotopic (exact) mass is 386 g/mol. The Balaban J connectivity index is 0.00000288. The van der Waals surface area contributed by atoms with Gasteiger partial charge < -0.3 is 15.6 Å². The van der Waals surface area contributed by atoms with E-state index in [1.54, 1.807) is 6.20 Å². The first kappa shape index (κ1) is 23.4. The van der Waals surface area contributed by atoms with E-state index in [1.165, 1.54) is 0 Å². The molecule has 0 aliphatic carbocycles. The van der Waals surface area contributed by atoms with Crippen molar-refractivity contribution in [1.29, 1.82) is 0 Å². The zero-order valence-electron chi connectivity index (χ0n) is 14.9. The van der Waals surface area contributed by atoms with Crippen LogP contribution >= 0.6 is 24.8 Å². The van der Waals surface area contributed by atoms with Crippen molar-refractivity contribution in [1.82, 2.24) is 14.9 Å². The molecule has 7 heteroatoms. The Kier molecular flexibility index (Phi) is 10.4. The second-order valence-electron chi connectivity index (χ2n) is 6.33. The van der Waals surface area contributed by atoms with E-state index in [-0.39, 0.29) is 42.7 Å². The topological polar surface area (TPSA) is 72.9 Å². The second-order valence-corrected chi connectivity index (χ2v) is 6.33. The predicted molar refractivity (Wildman–Crippen MR) is 106 cm³/mol. The van der Waals surface area contributed by atoms with Gasteiger partial charge >= 0.3 is 0 Å². The van der Waals surface area contributed by atoms with Gasteiger partial charge in [-0.15, -0.1) is 24.8 Å². The molecule has 140 valence electrons. The molecule has 0 fully saturated rings. The summed E-state index contributed by atoms with van der Waals surface area (Å²) in [6.07, 6.45) is 3.71. The maximum absolute atomic E-state index is 12.4. The van der Waals surface area contributed by atoms with Crippen molar-refractivity contribution in [2.45, 2.75) is 39.9 Å². The molecule has 0 aliphatic heterocycles. The SMILES string of the molecule is CC(C)Cn1ccnc1CNC(=O)C(C)C(N)c1ccccc1.Cl.Cl. The molecule has 1 aromatic carbocycles. The molecular formula is C18H28Cl2N4O. The quantitative estimate of drug-likeness (QED) is 0.766. The number of halogens is 2. The molecule has 2 atom stereocenters. The van der Waals surface area contributed by atoms with Crippen molar-refractivity contribution in [3.8, 4) is 0 Å². The summed E-state index contributed by atoms with van der Waals surface area (Å²) in [6.45, 7) is 7.48. The molecule has 5 nitrogen and oxygen atoms in total. The van der Waals surface area contributed by atoms with E-state index in [4.69, 9.17) is 5.73 Å². The summed E-state index contributed by atoms with van der Waals surface area (Å²) in [5, 5.41) is 2.95. The van der Waals surface area contributed by atoms with Crippen molar-refractivity contribution in [3.63, 3.8) is 0 Å². The minimum atomic E-state index is -0.313. The fourth-order valence-corrected chi connectivity index (χ4v) is 2.52. The van der Waals surface area contributed by atoms with Crippen LogP contribution in [0.15, 0.2) is 42.7 Å². The van der Waals surface area contributed by atoms with Crippen LogP contribution in [0.4, 0.5) is 0 Å². The molecule has 0 saturated heterocycles. The van der Waals surface area contributed by atoms with Gasteiger partial charge in [-0.05, 0) is 11.5 Å². The highest BCUT2D eigenvalue weighted by Gasteiger charge is 2.22. The lowest BCUT2D eigenvalue weighted by Crippen LogP contribution is -2.35. The number of nitrogens with two attached hydrogens (primary N) is 1. The molecule has 25 heavy (non-hydrogen) atoms. The Bertz CT molecular complexity index is 631. The first-order valence-corrected chi connectivity index (χ1v) is 8.07. The van der Waals surface area contributed by atoms with Gasteiger partial charge in [0.1, 0.15) is 5.82 Å². The van der Waals surface area contributed by atoms with Crippen molar-refractivity contribution < 1.29 is 4.79 Å². The number of aromatic nitrogens is 2. The predicted octanol–water partition coefficient (Wildman–Crippen LogP) is 3.34. The molecular weight excluding hydrogens is 359 g/mol. The number of nitrogens with zero attached hydrogens (tertiary/aromatic N) is 2. The molecule has 1 aromatic heterocycles. The van der Waals surface area contributed by atoms with E-state index in [9.17, 15) is 4.79 Å². The summed E-state index contributed by atoms with van der Waals surface area (Å²) in [6, 6.07) is 9.39. The number of amides is 1. The maximum Gasteiger partial charge on any atom is 0.225 e. The number of carbonyl (C=O) groups is 1. The lowest BCUT2D eigenvalue weighted by Gasteiger charge is -2.20. The van der Waals surface area contributed by atoms with Crippen LogP contribution in [0.25, 0.3) is 0 Å². The number of benzene rings is 1. The van der Waals surface area contributed by atoms with Gasteiger partial charge in [0.2, 0.25) is 5.91 Å². The number of carbonyl (C=O) groups excluding carboxylic acids is 1. The number of rotatable bonds is 7. The molecule has 3 N–H and O–H groups in total. The van der Waals surface area contributed by atoms with Gasteiger partial charge in [-0.2, -0.15) is 0 Å². The van der Waals surface area contributed by atoms with E-state index >= 15 is 0 Å². The maximum atomic E-state index is 12.4. The summed E-state index contributed by atoms with van der Waals surface area (Å²) < 4.78 is 2.08. The van der Waals surface area contributed by atoms with Crippen molar-refractivity contribution in [3.05, 3.63) is 54.1 Å². The Hall–Kier alpha value is -1.56. The summed E-state index contributed by atoms with van der Waals surface area (Å²) in [5.74, 6) is 1.04. The molecule has 1 amide bonds. The minimum absolute atomic E-state index is 0. The Morgan fingerprint density at radius 2 is 1.84 bits per heavy atom. The highest BCUT2D eigenvalue weighted by molar-refractivity contribution is 5.85. The van der Waals surface area contributed by atoms with E-state index in [0.29, 0.717) is 12.5 Å². The summed E-state index contributed by atoms with van der Waals surface area (Å²) in [5.41, 5.74) is 7.17. The number of hydrogen-bond donors (Lipinski definition) is 2. The van der Waals surface area contributed by atoms with Crippen LogP contribution in [0.5, 0.6) is 0 Å². The average Bonchev–Trinajstić information content (AvgIpc) is 2.98. The summed E-state index contributed by atoms with van der Waals surface area (Å²) in [4.78, 5) is 16.7. The van der Waals surface area contributed by atoms with Gasteiger partial charge in [0.05, 0.1) is 12.5 Å². The van der Waals surface area contributed by atoms with Crippen molar-refractivity contribution >= 4 is 30.7 Å². The van der Waals surface area contributed by atoms with Gasteiger partial charge in [0.15, 0.2) is 0 Å². The van der Waals surface area contributed by atoms with Crippen LogP contribution in [0.1, 0.15) is 38.2 Å². The Labute approximate surface area is 162 Å². The van der Waals surface area contributed by atoms with Crippen LogP contribution in [-0.4, -0.2) is 15.5 Å². The highest BCUT2D eigenvalue weighted by Crippen LogP contribution is 2.19. The molecule has 0 spiro atoms. The normalized spacial score (nSPS) is 12.7. The average molecular weight is 387 g/mol. The standard InChI is InChI=1S/C18H26N4O.2ClH/c1-13(2)12-22-10-9-20-16(22)11-21-18(23)14(3)17(19)15-7-5-4-6-8-15;;/h4-10,13-14,17H,11-12,19H2,1-3H3,(H,21,23);2*1H. The van der Waals surface area contributed by atoms with Crippen molar-refractivity contribution in [2.24, 2.45) is 17.6 Å². The van der Waals surface area contributed by atoms with E-state index in [1.807, 2.05) is 43.5 Å². The Morgan fingerprint density at radius 1 is 1.20 bits per heavy atom. The lowest BCUT2D eigenvalue weighted by molar-refractivity contribution is -0.125. The van der Waals surface area contributed by atoms with Crippen LogP contribution in [-0.2, 0) is 17.9 Å². The first-order chi connectivity index (χ1) is 11.0. The smallest absolute Gasteiger partial charge is 0.225 e. The summed E-state index contributed by atoms with van der Waals surface area (Å²) >= 11 is 0. The van der Waals surface area contributed by atoms with E-state index in [2.05, 4.69) is 28.7 Å². The van der Waals surface area contributed by atoms with Gasteiger partial charge in [-0.1, -0.05) is 51.1 Å². The molecule has 2 rings (SSSR count). The fraction of sp³-hybridized carbons (Fsp3) is 0.444. The van der Waals surface area contributed by atoms with Gasteiger partial charge in [0, 0.05) is 25.0 Å². The van der Waals surface area contributed by atoms with Crippen molar-refractivity contribution in [2.75, 3.05) is 0 Å². The van der Waals surface area contributed by atoms with E-state index < -0.39 is 0 Å². The Morgan fingerprint density at radius 3 is 2.44 bits per heavy atom. The molecule has 0 radical (unpaired) electrons. The van der Waals surface area contributed by atoms with Crippen LogP contribution in [0.3, 0.4) is 0 Å². The molecule has 2 unspecified atom stereocenters. The molecule has 0 bridgehead atoms. The number of hydrogen-bond acceptors (Lipinski definition) is 3. The third kappa shape index (κ3) is 6.69. The molecule has 0 saturated carbocycles. The largest absolute Gasteiger partial charge is 0.349 e.